The lowest BCUT2D eigenvalue weighted by atomic mass is 10.1. The van der Waals surface area contributed by atoms with Gasteiger partial charge in [-0.1, -0.05) is 48.5 Å². The Hall–Kier alpha value is -4.78. The van der Waals surface area contributed by atoms with Gasteiger partial charge < -0.3 is 24.9 Å². The Kier molecular flexibility index (Phi) is 6.76. The van der Waals surface area contributed by atoms with E-state index < -0.39 is 5.91 Å². The number of ether oxygens (including phenoxy) is 1. The molecule has 2 aromatic heterocycles. The summed E-state index contributed by atoms with van der Waals surface area (Å²) in [6.45, 7) is 0.415. The van der Waals surface area contributed by atoms with Crippen LogP contribution < -0.4 is 15.4 Å². The number of nitrogens with one attached hydrogen (secondary N) is 3. The minimum absolute atomic E-state index is 0.159. The molecule has 0 aliphatic heterocycles. The Bertz CT molecular complexity index is 1630. The second-order valence-electron chi connectivity index (χ2n) is 8.79. The number of H-pyrrole nitrogens is 1. The topological polar surface area (TPSA) is 88.2 Å². The van der Waals surface area contributed by atoms with Gasteiger partial charge in [-0.05, 0) is 42.3 Å². The van der Waals surface area contributed by atoms with Gasteiger partial charge in [-0.2, -0.15) is 0 Å². The zero-order valence-corrected chi connectivity index (χ0v) is 20.7. The molecule has 0 fully saturated rings. The molecule has 0 unspecified atom stereocenters. The maximum atomic E-state index is 13.4. The van der Waals surface area contributed by atoms with Crippen LogP contribution in [0.3, 0.4) is 0 Å². The van der Waals surface area contributed by atoms with Crippen molar-refractivity contribution in [2.75, 3.05) is 13.7 Å². The number of hydrogen-bond acceptors (Lipinski definition) is 3. The molecule has 0 aliphatic rings. The molecule has 0 radical (unpaired) electrons. The van der Waals surface area contributed by atoms with Crippen LogP contribution in [0, 0.1) is 0 Å². The monoisotopic (exact) mass is 492 g/mol. The SMILES string of the molecule is COc1ccccc1C(=O)N/C(=C\c1cn(C)c2ccccc12)C(=O)NCCc1c[nH]c2ccccc12. The van der Waals surface area contributed by atoms with Gasteiger partial charge in [0, 0.05) is 53.4 Å². The van der Waals surface area contributed by atoms with Gasteiger partial charge in [-0.3, -0.25) is 9.59 Å². The summed E-state index contributed by atoms with van der Waals surface area (Å²) < 4.78 is 7.34. The van der Waals surface area contributed by atoms with Crippen LogP contribution in [0.25, 0.3) is 27.9 Å². The molecule has 5 aromatic rings. The first-order valence-corrected chi connectivity index (χ1v) is 12.1. The van der Waals surface area contributed by atoms with E-state index in [4.69, 9.17) is 4.74 Å². The lowest BCUT2D eigenvalue weighted by Gasteiger charge is -2.13. The Morgan fingerprint density at radius 1 is 0.973 bits per heavy atom. The Morgan fingerprint density at radius 2 is 1.70 bits per heavy atom. The molecule has 5 rings (SSSR count). The summed E-state index contributed by atoms with van der Waals surface area (Å²) in [5.74, 6) is -0.351. The van der Waals surface area contributed by atoms with Crippen LogP contribution in [0.2, 0.25) is 0 Å². The fraction of sp³-hybridized carbons (Fsp3) is 0.133. The number of fused-ring (bicyclic) bond motifs is 2. The zero-order valence-electron chi connectivity index (χ0n) is 20.7. The first-order chi connectivity index (χ1) is 18.0. The van der Waals surface area contributed by atoms with Crippen LogP contribution in [-0.2, 0) is 18.3 Å². The minimum Gasteiger partial charge on any atom is -0.496 e. The van der Waals surface area contributed by atoms with Crippen molar-refractivity contribution in [3.8, 4) is 5.75 Å². The Balaban J connectivity index is 1.41. The highest BCUT2D eigenvalue weighted by Gasteiger charge is 2.18. The van der Waals surface area contributed by atoms with Gasteiger partial charge in [0.15, 0.2) is 0 Å². The smallest absolute Gasteiger partial charge is 0.267 e. The van der Waals surface area contributed by atoms with E-state index in [1.165, 1.54) is 7.11 Å². The second-order valence-corrected chi connectivity index (χ2v) is 8.79. The van der Waals surface area contributed by atoms with Gasteiger partial charge in [-0.25, -0.2) is 0 Å². The average molecular weight is 493 g/mol. The van der Waals surface area contributed by atoms with E-state index in [0.717, 1.165) is 32.9 Å². The quantitative estimate of drug-likeness (QED) is 0.272. The van der Waals surface area contributed by atoms with Crippen molar-refractivity contribution in [2.24, 2.45) is 7.05 Å². The fourth-order valence-corrected chi connectivity index (χ4v) is 4.57. The van der Waals surface area contributed by atoms with E-state index in [2.05, 4.69) is 21.7 Å². The molecule has 37 heavy (non-hydrogen) atoms. The number of benzene rings is 3. The number of para-hydroxylation sites is 3. The van der Waals surface area contributed by atoms with Crippen LogP contribution in [-0.4, -0.2) is 35.0 Å². The molecular formula is C30H28N4O3. The maximum absolute atomic E-state index is 13.4. The number of methoxy groups -OCH3 is 1. The number of carbonyl (C=O) groups is 2. The lowest BCUT2D eigenvalue weighted by molar-refractivity contribution is -0.117. The molecule has 3 aromatic carbocycles. The van der Waals surface area contributed by atoms with Crippen molar-refractivity contribution in [3.63, 3.8) is 0 Å². The molecule has 7 nitrogen and oxygen atoms in total. The molecule has 186 valence electrons. The van der Waals surface area contributed by atoms with Crippen LogP contribution in [0.4, 0.5) is 0 Å². The number of aromatic nitrogens is 2. The summed E-state index contributed by atoms with van der Waals surface area (Å²) in [6.07, 6.45) is 6.28. The number of hydrogen-bond donors (Lipinski definition) is 3. The van der Waals surface area contributed by atoms with Crippen molar-refractivity contribution in [3.05, 3.63) is 108 Å². The molecule has 0 aliphatic carbocycles. The summed E-state index contributed by atoms with van der Waals surface area (Å²) in [7, 11) is 3.46. The number of rotatable bonds is 8. The third-order valence-corrected chi connectivity index (χ3v) is 6.43. The second kappa shape index (κ2) is 10.5. The zero-order chi connectivity index (χ0) is 25.8. The van der Waals surface area contributed by atoms with E-state index in [1.807, 2.05) is 66.5 Å². The third kappa shape index (κ3) is 4.97. The van der Waals surface area contributed by atoms with E-state index in [1.54, 1.807) is 30.3 Å². The number of aromatic amines is 1. The molecule has 0 bridgehead atoms. The van der Waals surface area contributed by atoms with Gasteiger partial charge in [0.2, 0.25) is 0 Å². The molecule has 2 heterocycles. The highest BCUT2D eigenvalue weighted by molar-refractivity contribution is 6.07. The van der Waals surface area contributed by atoms with Crippen molar-refractivity contribution in [1.82, 2.24) is 20.2 Å². The van der Waals surface area contributed by atoms with Crippen LogP contribution in [0.15, 0.2) is 90.9 Å². The van der Waals surface area contributed by atoms with Gasteiger partial charge in [-0.15, -0.1) is 0 Å². The Labute approximate surface area is 214 Å². The molecule has 2 amide bonds. The van der Waals surface area contributed by atoms with Crippen molar-refractivity contribution < 1.29 is 14.3 Å². The largest absolute Gasteiger partial charge is 0.496 e. The predicted octanol–water partition coefficient (Wildman–Crippen LogP) is 4.80. The van der Waals surface area contributed by atoms with Gasteiger partial charge in [0.25, 0.3) is 11.8 Å². The van der Waals surface area contributed by atoms with Crippen LogP contribution >= 0.6 is 0 Å². The van der Waals surface area contributed by atoms with Gasteiger partial charge >= 0.3 is 0 Å². The number of aryl methyl sites for hydroxylation is 1. The molecule has 3 N–H and O–H groups in total. The molecular weight excluding hydrogens is 464 g/mol. The van der Waals surface area contributed by atoms with Gasteiger partial charge in [0.05, 0.1) is 12.7 Å². The summed E-state index contributed by atoms with van der Waals surface area (Å²) in [6, 6.07) is 22.9. The predicted molar refractivity (Wildman–Crippen MR) is 146 cm³/mol. The van der Waals surface area contributed by atoms with Crippen LogP contribution in [0.5, 0.6) is 5.75 Å². The first kappa shape index (κ1) is 23.9. The number of amides is 2. The van der Waals surface area contributed by atoms with E-state index in [9.17, 15) is 9.59 Å². The summed E-state index contributed by atoms with van der Waals surface area (Å²) in [4.78, 5) is 29.8. The summed E-state index contributed by atoms with van der Waals surface area (Å²) in [5.41, 5.74) is 4.55. The highest BCUT2D eigenvalue weighted by atomic mass is 16.5. The summed E-state index contributed by atoms with van der Waals surface area (Å²) >= 11 is 0. The Morgan fingerprint density at radius 3 is 2.54 bits per heavy atom. The van der Waals surface area contributed by atoms with Crippen LogP contribution in [0.1, 0.15) is 21.5 Å². The van der Waals surface area contributed by atoms with Crippen molar-refractivity contribution in [1.29, 1.82) is 0 Å². The minimum atomic E-state index is -0.421. The number of carbonyl (C=O) groups excluding carboxylic acids is 2. The first-order valence-electron chi connectivity index (χ1n) is 12.1. The average Bonchev–Trinajstić information content (AvgIpc) is 3.49. The normalized spacial score (nSPS) is 11.6. The third-order valence-electron chi connectivity index (χ3n) is 6.43. The fourth-order valence-electron chi connectivity index (χ4n) is 4.57. The molecule has 0 saturated heterocycles. The van der Waals surface area contributed by atoms with Crippen molar-refractivity contribution in [2.45, 2.75) is 6.42 Å². The highest BCUT2D eigenvalue weighted by Crippen LogP contribution is 2.23. The standard InChI is InChI=1S/C30H28N4O3/c1-34-19-21(23-10-4-7-13-27(23)34)17-26(33-29(35)24-11-5-8-14-28(24)37-2)30(36)31-16-15-20-18-32-25-12-6-3-9-22(20)25/h3-14,17-19,32H,15-16H2,1-2H3,(H,31,36)(H,33,35)/b26-17-. The van der Waals surface area contributed by atoms with E-state index >= 15 is 0 Å². The summed E-state index contributed by atoms with van der Waals surface area (Å²) in [5, 5.41) is 7.91. The maximum Gasteiger partial charge on any atom is 0.267 e. The molecule has 0 atom stereocenters. The molecule has 0 spiro atoms. The van der Waals surface area contributed by atoms with E-state index in [0.29, 0.717) is 24.3 Å². The lowest BCUT2D eigenvalue weighted by Crippen LogP contribution is -2.35. The molecule has 0 saturated carbocycles. The molecule has 7 heteroatoms. The van der Waals surface area contributed by atoms with Gasteiger partial charge in [0.1, 0.15) is 11.4 Å². The number of nitrogens with zero attached hydrogens (tertiary/aromatic N) is 1. The van der Waals surface area contributed by atoms with Crippen molar-refractivity contribution >= 4 is 39.7 Å². The van der Waals surface area contributed by atoms with E-state index in [-0.39, 0.29) is 11.6 Å².